The number of nitrogens with zero attached hydrogens (tertiary/aromatic N) is 1. The molecule has 9 heteroatoms. The summed E-state index contributed by atoms with van der Waals surface area (Å²) < 4.78 is 25.1. The van der Waals surface area contributed by atoms with E-state index >= 15 is 0 Å². The highest BCUT2D eigenvalue weighted by molar-refractivity contribution is 7.90. The van der Waals surface area contributed by atoms with Crippen LogP contribution in [0.1, 0.15) is 27.6 Å². The zero-order valence-electron chi connectivity index (χ0n) is 11.0. The molecule has 0 aromatic heterocycles. The van der Waals surface area contributed by atoms with Crippen molar-refractivity contribution in [2.24, 2.45) is 0 Å². The van der Waals surface area contributed by atoms with Crippen LogP contribution in [0.5, 0.6) is 0 Å². The number of carboxylic acids is 1. The molecule has 1 aliphatic rings. The summed E-state index contributed by atoms with van der Waals surface area (Å²) in [6, 6.07) is 3.31. The minimum atomic E-state index is -4.08. The van der Waals surface area contributed by atoms with Crippen LogP contribution in [0.15, 0.2) is 23.1 Å². The molecule has 1 heterocycles. The number of benzene rings is 1. The Morgan fingerprint density at radius 1 is 1.33 bits per heavy atom. The van der Waals surface area contributed by atoms with Crippen LogP contribution in [0.4, 0.5) is 0 Å². The van der Waals surface area contributed by atoms with Gasteiger partial charge in [-0.05, 0) is 18.2 Å². The normalized spacial score (nSPS) is 15.7. The van der Waals surface area contributed by atoms with Crippen molar-refractivity contribution in [3.63, 3.8) is 0 Å². The molecule has 0 bridgehead atoms. The molecule has 1 aromatic carbocycles. The number of sulfonamides is 1. The van der Waals surface area contributed by atoms with Crippen molar-refractivity contribution < 1.29 is 27.9 Å². The van der Waals surface area contributed by atoms with Gasteiger partial charge in [-0.2, -0.15) is 0 Å². The summed E-state index contributed by atoms with van der Waals surface area (Å²) in [5, 5.41) is 11.3. The lowest BCUT2D eigenvalue weighted by Crippen LogP contribution is -2.37. The number of amides is 2. The lowest BCUT2D eigenvalue weighted by Gasteiger charge is -2.14. The van der Waals surface area contributed by atoms with Crippen LogP contribution in [-0.4, -0.2) is 48.7 Å². The largest absolute Gasteiger partial charge is 0.478 e. The van der Waals surface area contributed by atoms with Gasteiger partial charge in [-0.25, -0.2) is 17.5 Å². The Balaban J connectivity index is 2.35. The van der Waals surface area contributed by atoms with Crippen molar-refractivity contribution in [1.29, 1.82) is 0 Å². The van der Waals surface area contributed by atoms with Crippen LogP contribution in [-0.2, 0) is 14.8 Å². The molecule has 21 heavy (non-hydrogen) atoms. The van der Waals surface area contributed by atoms with Gasteiger partial charge in [0.1, 0.15) is 4.90 Å². The number of carboxylic acid groups (broad SMARTS) is 1. The Morgan fingerprint density at radius 3 is 2.57 bits per heavy atom. The molecule has 0 spiro atoms. The molecule has 2 amide bonds. The molecule has 0 atom stereocenters. The summed E-state index contributed by atoms with van der Waals surface area (Å²) in [4.78, 5) is 33.4. The minimum Gasteiger partial charge on any atom is -0.478 e. The molecule has 2 N–H and O–H groups in total. The molecular formula is C12H12N2O6S. The predicted molar refractivity (Wildman–Crippen MR) is 70.3 cm³/mol. The molecule has 0 saturated heterocycles. The smallest absolute Gasteiger partial charge is 0.335 e. The Morgan fingerprint density at radius 2 is 2.00 bits per heavy atom. The summed E-state index contributed by atoms with van der Waals surface area (Å²) in [6.45, 7) is 1.05. The third-order valence-electron chi connectivity index (χ3n) is 2.94. The van der Waals surface area contributed by atoms with Crippen LogP contribution < -0.4 is 5.32 Å². The van der Waals surface area contributed by atoms with Crippen LogP contribution in [0.25, 0.3) is 0 Å². The van der Waals surface area contributed by atoms with Gasteiger partial charge in [-0.1, -0.05) is 0 Å². The number of rotatable bonds is 4. The Bertz CT molecular complexity index is 740. The number of nitrogens with one attached hydrogen (secondary N) is 1. The van der Waals surface area contributed by atoms with Crippen molar-refractivity contribution in [3.8, 4) is 0 Å². The van der Waals surface area contributed by atoms with Crippen LogP contribution in [0, 0.1) is 0 Å². The number of fused-ring (bicyclic) bond motifs is 1. The fourth-order valence-corrected chi connectivity index (χ4v) is 3.56. The van der Waals surface area contributed by atoms with Gasteiger partial charge in [0.2, 0.25) is 5.91 Å². The van der Waals surface area contributed by atoms with Gasteiger partial charge in [-0.15, -0.1) is 0 Å². The first-order chi connectivity index (χ1) is 9.75. The van der Waals surface area contributed by atoms with E-state index in [1.54, 1.807) is 0 Å². The molecule has 8 nitrogen and oxygen atoms in total. The zero-order chi connectivity index (χ0) is 15.8. The molecule has 0 radical (unpaired) electrons. The van der Waals surface area contributed by atoms with Crippen LogP contribution in [0.2, 0.25) is 0 Å². The van der Waals surface area contributed by atoms with Gasteiger partial charge in [0.25, 0.3) is 15.9 Å². The fraction of sp³-hybridized carbons (Fsp3) is 0.250. The first-order valence-electron chi connectivity index (χ1n) is 5.94. The molecule has 112 valence electrons. The van der Waals surface area contributed by atoms with E-state index in [4.69, 9.17) is 5.11 Å². The SMILES string of the molecule is CC(=O)NCCN1C(=O)c2ccc(C(=O)O)cc2S1(=O)=O. The molecule has 0 aliphatic carbocycles. The molecule has 0 fully saturated rings. The number of carbonyl (C=O) groups excluding carboxylic acids is 2. The Kier molecular flexibility index (Phi) is 3.69. The van der Waals surface area contributed by atoms with E-state index in [-0.39, 0.29) is 35.0 Å². The predicted octanol–water partition coefficient (Wildman–Crippen LogP) is -0.335. The second-order valence-electron chi connectivity index (χ2n) is 4.38. The van der Waals surface area contributed by atoms with E-state index in [9.17, 15) is 22.8 Å². The highest BCUT2D eigenvalue weighted by Gasteiger charge is 2.41. The fourth-order valence-electron chi connectivity index (χ4n) is 1.96. The van der Waals surface area contributed by atoms with Gasteiger partial charge in [0, 0.05) is 13.5 Å². The second kappa shape index (κ2) is 5.17. The summed E-state index contributed by atoms with van der Waals surface area (Å²) in [5.74, 6) is -2.35. The molecule has 0 saturated carbocycles. The Hall–Kier alpha value is -2.42. The zero-order valence-corrected chi connectivity index (χ0v) is 11.8. The van der Waals surface area contributed by atoms with Crippen molar-refractivity contribution in [1.82, 2.24) is 9.62 Å². The quantitative estimate of drug-likeness (QED) is 0.785. The van der Waals surface area contributed by atoms with E-state index in [1.165, 1.54) is 19.1 Å². The third-order valence-corrected chi connectivity index (χ3v) is 4.76. The summed E-state index contributed by atoms with van der Waals surface area (Å²) >= 11 is 0. The lowest BCUT2D eigenvalue weighted by atomic mass is 10.1. The number of aromatic carboxylic acids is 1. The lowest BCUT2D eigenvalue weighted by molar-refractivity contribution is -0.118. The van der Waals surface area contributed by atoms with Gasteiger partial charge in [-0.3, -0.25) is 9.59 Å². The van der Waals surface area contributed by atoms with Crippen molar-refractivity contribution in [2.75, 3.05) is 13.1 Å². The Labute approximate surface area is 120 Å². The summed E-state index contributed by atoms with van der Waals surface area (Å²) in [6.07, 6.45) is 0. The molecular weight excluding hydrogens is 300 g/mol. The first kappa shape index (κ1) is 15.0. The summed E-state index contributed by atoms with van der Waals surface area (Å²) in [5.41, 5.74) is -0.281. The number of hydrogen-bond donors (Lipinski definition) is 2. The van der Waals surface area contributed by atoms with E-state index < -0.39 is 21.9 Å². The molecule has 1 aliphatic heterocycles. The number of hydrogen-bond acceptors (Lipinski definition) is 5. The highest BCUT2D eigenvalue weighted by Crippen LogP contribution is 2.30. The van der Waals surface area contributed by atoms with Gasteiger partial charge in [0.05, 0.1) is 17.7 Å². The molecule has 2 rings (SSSR count). The van der Waals surface area contributed by atoms with Gasteiger partial charge >= 0.3 is 5.97 Å². The highest BCUT2D eigenvalue weighted by atomic mass is 32.2. The van der Waals surface area contributed by atoms with E-state index in [2.05, 4.69) is 5.32 Å². The topological polar surface area (TPSA) is 121 Å². The first-order valence-corrected chi connectivity index (χ1v) is 7.38. The summed E-state index contributed by atoms with van der Waals surface area (Å²) in [7, 11) is -4.08. The average molecular weight is 312 g/mol. The standard InChI is InChI=1S/C12H12N2O6S/c1-7(15)13-4-5-14-11(16)9-3-2-8(12(17)18)6-10(9)21(14,19)20/h2-3,6H,4-5H2,1H3,(H,13,15)(H,17,18). The van der Waals surface area contributed by atoms with Crippen molar-refractivity contribution in [3.05, 3.63) is 29.3 Å². The van der Waals surface area contributed by atoms with Crippen molar-refractivity contribution >= 4 is 27.8 Å². The van der Waals surface area contributed by atoms with Gasteiger partial charge in [0.15, 0.2) is 0 Å². The maximum absolute atomic E-state index is 12.2. The van der Waals surface area contributed by atoms with E-state index in [1.807, 2.05) is 0 Å². The maximum atomic E-state index is 12.2. The number of carbonyl (C=O) groups is 3. The van der Waals surface area contributed by atoms with E-state index in [0.717, 1.165) is 6.07 Å². The molecule has 1 aromatic rings. The third kappa shape index (κ3) is 2.59. The average Bonchev–Trinajstić information content (AvgIpc) is 2.59. The minimum absolute atomic E-state index is 0.0138. The maximum Gasteiger partial charge on any atom is 0.335 e. The van der Waals surface area contributed by atoms with Crippen LogP contribution >= 0.6 is 0 Å². The van der Waals surface area contributed by atoms with E-state index in [0.29, 0.717) is 4.31 Å². The van der Waals surface area contributed by atoms with Crippen LogP contribution in [0.3, 0.4) is 0 Å². The monoisotopic (exact) mass is 312 g/mol. The molecule has 0 unspecified atom stereocenters. The van der Waals surface area contributed by atoms with Gasteiger partial charge < -0.3 is 10.4 Å². The van der Waals surface area contributed by atoms with Crippen molar-refractivity contribution in [2.45, 2.75) is 11.8 Å². The second-order valence-corrected chi connectivity index (χ2v) is 6.21.